The Morgan fingerprint density at radius 1 is 1.35 bits per heavy atom. The lowest BCUT2D eigenvalue weighted by atomic mass is 10.3. The maximum Gasteiger partial charge on any atom is 0.241 e. The van der Waals surface area contributed by atoms with E-state index in [4.69, 9.17) is 5.73 Å². The van der Waals surface area contributed by atoms with Crippen LogP contribution in [-0.4, -0.2) is 44.0 Å². The first-order valence-corrected chi connectivity index (χ1v) is 7.74. The number of benzene rings is 1. The number of nitrogens with two attached hydrogens (primary N) is 1. The summed E-state index contributed by atoms with van der Waals surface area (Å²) in [5.41, 5.74) is 5.43. The third-order valence-corrected chi connectivity index (χ3v) is 4.58. The summed E-state index contributed by atoms with van der Waals surface area (Å²) in [5, 5.41) is 9.27. The van der Waals surface area contributed by atoms with Crippen LogP contribution in [0.3, 0.4) is 0 Å². The number of amides is 1. The number of hydrogen-bond donors (Lipinski definition) is 3. The Hall–Kier alpha value is -1.80. The number of nitrogens with zero attached hydrogens (tertiary/aromatic N) is 1. The molecule has 1 fully saturated rings. The Morgan fingerprint density at radius 3 is 2.60 bits per heavy atom. The molecule has 4 N–H and O–H groups in total. The van der Waals surface area contributed by atoms with Crippen molar-refractivity contribution in [2.45, 2.75) is 17.7 Å². The minimum absolute atomic E-state index is 0.0289. The molecule has 20 heavy (non-hydrogen) atoms. The summed E-state index contributed by atoms with van der Waals surface area (Å²) in [5.74, 6) is -0.421. The Bertz CT molecular complexity index is 609. The van der Waals surface area contributed by atoms with Gasteiger partial charge in [-0.2, -0.15) is 0 Å². The minimum atomic E-state index is -3.81. The maximum atomic E-state index is 12.0. The lowest BCUT2D eigenvalue weighted by Gasteiger charge is -2.15. The largest absolute Gasteiger partial charge is 0.506 e. The quantitative estimate of drug-likeness (QED) is 0.530. The van der Waals surface area contributed by atoms with Crippen molar-refractivity contribution in [2.24, 2.45) is 0 Å². The summed E-state index contributed by atoms with van der Waals surface area (Å²) in [6, 6.07) is 3.58. The van der Waals surface area contributed by atoms with Crippen molar-refractivity contribution in [1.82, 2.24) is 9.62 Å². The summed E-state index contributed by atoms with van der Waals surface area (Å²) >= 11 is 0. The topological polar surface area (TPSA) is 113 Å². The van der Waals surface area contributed by atoms with E-state index >= 15 is 0 Å². The highest BCUT2D eigenvalue weighted by molar-refractivity contribution is 7.89. The monoisotopic (exact) mass is 299 g/mol. The van der Waals surface area contributed by atoms with Crippen LogP contribution in [0.4, 0.5) is 5.69 Å². The molecule has 1 aliphatic heterocycles. The summed E-state index contributed by atoms with van der Waals surface area (Å²) in [6.45, 7) is 1.07. The van der Waals surface area contributed by atoms with E-state index in [-0.39, 0.29) is 28.8 Å². The number of likely N-dealkylation sites (tertiary alicyclic amines) is 1. The summed E-state index contributed by atoms with van der Waals surface area (Å²) in [7, 11) is -3.81. The van der Waals surface area contributed by atoms with E-state index in [1.807, 2.05) is 0 Å². The second-order valence-corrected chi connectivity index (χ2v) is 6.40. The molecule has 1 saturated heterocycles. The fourth-order valence-corrected chi connectivity index (χ4v) is 3.03. The Labute approximate surface area is 117 Å². The molecular weight excluding hydrogens is 282 g/mol. The van der Waals surface area contributed by atoms with Gasteiger partial charge < -0.3 is 15.7 Å². The lowest BCUT2D eigenvalue weighted by Crippen LogP contribution is -2.38. The van der Waals surface area contributed by atoms with Crippen molar-refractivity contribution >= 4 is 21.6 Å². The van der Waals surface area contributed by atoms with E-state index in [0.717, 1.165) is 18.9 Å². The van der Waals surface area contributed by atoms with Crippen LogP contribution in [0.5, 0.6) is 5.75 Å². The van der Waals surface area contributed by atoms with Gasteiger partial charge in [0.05, 0.1) is 17.1 Å². The van der Waals surface area contributed by atoms with Crippen molar-refractivity contribution in [3.05, 3.63) is 18.2 Å². The highest BCUT2D eigenvalue weighted by atomic mass is 32.2. The third-order valence-electron chi connectivity index (χ3n) is 3.18. The van der Waals surface area contributed by atoms with E-state index in [1.165, 1.54) is 12.1 Å². The molecule has 8 heteroatoms. The predicted octanol–water partition coefficient (Wildman–Crippen LogP) is -0.125. The van der Waals surface area contributed by atoms with Crippen LogP contribution in [0.25, 0.3) is 0 Å². The number of aromatic hydroxyl groups is 1. The smallest absolute Gasteiger partial charge is 0.241 e. The Morgan fingerprint density at radius 2 is 2.00 bits per heavy atom. The number of carbonyl (C=O) groups is 1. The molecule has 0 bridgehead atoms. The van der Waals surface area contributed by atoms with Gasteiger partial charge >= 0.3 is 0 Å². The van der Waals surface area contributed by atoms with Crippen LogP contribution < -0.4 is 10.5 Å². The van der Waals surface area contributed by atoms with Crippen LogP contribution in [0.15, 0.2) is 23.1 Å². The average Bonchev–Trinajstić information content (AvgIpc) is 2.93. The van der Waals surface area contributed by atoms with Crippen molar-refractivity contribution < 1.29 is 18.3 Å². The first-order valence-electron chi connectivity index (χ1n) is 6.26. The standard InChI is InChI=1S/C12H17N3O4S/c13-10-7-9(3-4-11(10)16)20(18,19)14-8-12(17)15-5-1-2-6-15/h3-4,7,14,16H,1-2,5-6,8,13H2. The second kappa shape index (κ2) is 5.68. The molecule has 110 valence electrons. The molecule has 0 aliphatic carbocycles. The van der Waals surface area contributed by atoms with E-state index in [1.54, 1.807) is 4.90 Å². The summed E-state index contributed by atoms with van der Waals surface area (Å²) in [4.78, 5) is 13.3. The van der Waals surface area contributed by atoms with E-state index in [2.05, 4.69) is 4.72 Å². The first-order chi connectivity index (χ1) is 9.40. The number of anilines is 1. The number of phenolic OH excluding ortho intramolecular Hbond substituents is 1. The van der Waals surface area contributed by atoms with Gasteiger partial charge in [-0.3, -0.25) is 4.79 Å². The zero-order valence-corrected chi connectivity index (χ0v) is 11.7. The zero-order valence-electron chi connectivity index (χ0n) is 10.9. The molecule has 1 amide bonds. The van der Waals surface area contributed by atoms with E-state index in [9.17, 15) is 18.3 Å². The molecule has 0 spiro atoms. The van der Waals surface area contributed by atoms with Gasteiger partial charge in [-0.15, -0.1) is 0 Å². The number of carbonyl (C=O) groups excluding carboxylic acids is 1. The fraction of sp³-hybridized carbons (Fsp3) is 0.417. The zero-order chi connectivity index (χ0) is 14.8. The highest BCUT2D eigenvalue weighted by Gasteiger charge is 2.21. The van der Waals surface area contributed by atoms with Crippen molar-refractivity contribution in [2.75, 3.05) is 25.4 Å². The molecular formula is C12H17N3O4S. The number of sulfonamides is 1. The molecule has 0 saturated carbocycles. The molecule has 0 aromatic heterocycles. The van der Waals surface area contributed by atoms with Crippen molar-refractivity contribution in [1.29, 1.82) is 0 Å². The van der Waals surface area contributed by atoms with Gasteiger partial charge in [0.25, 0.3) is 0 Å². The highest BCUT2D eigenvalue weighted by Crippen LogP contribution is 2.22. The SMILES string of the molecule is Nc1cc(S(=O)(=O)NCC(=O)N2CCCC2)ccc1O. The van der Waals surface area contributed by atoms with Crippen LogP contribution >= 0.6 is 0 Å². The van der Waals surface area contributed by atoms with Gasteiger partial charge in [0.1, 0.15) is 5.75 Å². The second-order valence-electron chi connectivity index (χ2n) is 4.63. The van der Waals surface area contributed by atoms with Gasteiger partial charge in [0.15, 0.2) is 0 Å². The maximum absolute atomic E-state index is 12.0. The van der Waals surface area contributed by atoms with Crippen LogP contribution in [0.1, 0.15) is 12.8 Å². The fourth-order valence-electron chi connectivity index (χ4n) is 2.02. The molecule has 0 radical (unpaired) electrons. The summed E-state index contributed by atoms with van der Waals surface area (Å²) < 4.78 is 26.2. The number of nitrogens with one attached hydrogen (secondary N) is 1. The van der Waals surface area contributed by atoms with Gasteiger partial charge in [-0.1, -0.05) is 0 Å². The van der Waals surface area contributed by atoms with E-state index < -0.39 is 10.0 Å². The van der Waals surface area contributed by atoms with Crippen LogP contribution in [-0.2, 0) is 14.8 Å². The molecule has 1 aromatic rings. The Balaban J connectivity index is 2.03. The number of phenols is 1. The third kappa shape index (κ3) is 3.20. The molecule has 0 atom stereocenters. The number of hydrogen-bond acceptors (Lipinski definition) is 5. The molecule has 2 rings (SSSR count). The van der Waals surface area contributed by atoms with E-state index in [0.29, 0.717) is 13.1 Å². The number of rotatable bonds is 4. The van der Waals surface area contributed by atoms with Gasteiger partial charge in [0.2, 0.25) is 15.9 Å². The molecule has 1 heterocycles. The van der Waals surface area contributed by atoms with Crippen molar-refractivity contribution in [3.63, 3.8) is 0 Å². The first kappa shape index (κ1) is 14.6. The Kier molecular flexibility index (Phi) is 4.15. The average molecular weight is 299 g/mol. The molecule has 7 nitrogen and oxygen atoms in total. The van der Waals surface area contributed by atoms with Crippen LogP contribution in [0.2, 0.25) is 0 Å². The van der Waals surface area contributed by atoms with Crippen molar-refractivity contribution in [3.8, 4) is 5.75 Å². The minimum Gasteiger partial charge on any atom is -0.506 e. The molecule has 0 unspecified atom stereocenters. The lowest BCUT2D eigenvalue weighted by molar-refractivity contribution is -0.128. The predicted molar refractivity (Wildman–Crippen MR) is 73.5 cm³/mol. The van der Waals surface area contributed by atoms with Crippen LogP contribution in [0, 0.1) is 0 Å². The molecule has 1 aromatic carbocycles. The normalized spacial score (nSPS) is 15.5. The number of nitrogen functional groups attached to an aromatic ring is 1. The summed E-state index contributed by atoms with van der Waals surface area (Å²) in [6.07, 6.45) is 1.90. The molecule has 1 aliphatic rings. The van der Waals surface area contributed by atoms with Gasteiger partial charge in [0, 0.05) is 13.1 Å². The van der Waals surface area contributed by atoms with Gasteiger partial charge in [-0.05, 0) is 31.0 Å². The van der Waals surface area contributed by atoms with Gasteiger partial charge in [-0.25, -0.2) is 13.1 Å².